The number of carboxylic acids is 1. The van der Waals surface area contributed by atoms with E-state index in [9.17, 15) is 4.79 Å². The van der Waals surface area contributed by atoms with Crippen LogP contribution in [0.25, 0.3) is 11.0 Å². The van der Waals surface area contributed by atoms with Gasteiger partial charge in [0.15, 0.2) is 4.73 Å². The van der Waals surface area contributed by atoms with Gasteiger partial charge in [-0.1, -0.05) is 11.6 Å². The third kappa shape index (κ3) is 2.13. The summed E-state index contributed by atoms with van der Waals surface area (Å²) < 4.78 is 0.576. The molecule has 6 heteroatoms. The number of nitrogens with zero attached hydrogens (tertiary/aromatic N) is 1. The Bertz CT molecular complexity index is 538. The Morgan fingerprint density at radius 3 is 3.00 bits per heavy atom. The molecule has 2 rings (SSSR count). The Balaban J connectivity index is 2.56. The number of aromatic nitrogens is 2. The number of imidazole rings is 1. The number of hydrogen-bond acceptors (Lipinski definition) is 2. The molecule has 2 N–H and O–H groups in total. The normalized spacial score (nSPS) is 10.8. The fourth-order valence-electron chi connectivity index (χ4n) is 1.38. The van der Waals surface area contributed by atoms with E-state index in [1.165, 1.54) is 0 Å². The fourth-order valence-corrected chi connectivity index (χ4v) is 2.05. The topological polar surface area (TPSA) is 66.0 Å². The van der Waals surface area contributed by atoms with Crippen LogP contribution < -0.4 is 0 Å². The zero-order valence-electron chi connectivity index (χ0n) is 7.42. The molecule has 0 spiro atoms. The third-order valence-corrected chi connectivity index (χ3v) is 2.59. The van der Waals surface area contributed by atoms with Gasteiger partial charge in [-0.3, -0.25) is 4.79 Å². The Hall–Kier alpha value is -1.07. The number of rotatable bonds is 2. The first-order valence-electron chi connectivity index (χ1n) is 4.11. The van der Waals surface area contributed by atoms with Crippen molar-refractivity contribution in [3.63, 3.8) is 0 Å². The summed E-state index contributed by atoms with van der Waals surface area (Å²) in [7, 11) is 0. The molecule has 0 aliphatic rings. The van der Waals surface area contributed by atoms with E-state index >= 15 is 0 Å². The van der Waals surface area contributed by atoms with Gasteiger partial charge in [-0.2, -0.15) is 0 Å². The van der Waals surface area contributed by atoms with Crippen LogP contribution in [0.4, 0.5) is 0 Å². The average molecular weight is 290 g/mol. The first-order valence-corrected chi connectivity index (χ1v) is 5.29. The number of hydrogen-bond donors (Lipinski definition) is 2. The van der Waals surface area contributed by atoms with E-state index in [1.54, 1.807) is 12.1 Å². The highest BCUT2D eigenvalue weighted by Gasteiger charge is 2.09. The molecule has 0 aliphatic heterocycles. The molecule has 0 aliphatic carbocycles. The lowest BCUT2D eigenvalue weighted by Gasteiger charge is -1.98. The monoisotopic (exact) mass is 288 g/mol. The molecule has 0 saturated carbocycles. The van der Waals surface area contributed by atoms with E-state index < -0.39 is 5.97 Å². The second-order valence-electron chi connectivity index (χ2n) is 3.07. The van der Waals surface area contributed by atoms with Crippen molar-refractivity contribution in [2.75, 3.05) is 0 Å². The number of carbonyl (C=O) groups is 1. The minimum atomic E-state index is -0.885. The number of halogens is 2. The van der Waals surface area contributed by atoms with Crippen LogP contribution in [0.2, 0.25) is 5.02 Å². The highest BCUT2D eigenvalue weighted by atomic mass is 79.9. The number of aromatic amines is 1. The lowest BCUT2D eigenvalue weighted by atomic mass is 10.1. The standard InChI is InChI=1S/C9H6BrClN2O2/c10-9-12-6-2-4(3-7(14)15)1-5(11)8(6)13-9/h1-2H,3H2,(H,12,13)(H,14,15). The fraction of sp³-hybridized carbons (Fsp3) is 0.111. The van der Waals surface area contributed by atoms with Gasteiger partial charge in [-0.05, 0) is 33.6 Å². The van der Waals surface area contributed by atoms with Crippen molar-refractivity contribution in [2.24, 2.45) is 0 Å². The molecule has 1 heterocycles. The molecule has 0 saturated heterocycles. The van der Waals surface area contributed by atoms with Crippen LogP contribution in [0, 0.1) is 0 Å². The number of H-pyrrole nitrogens is 1. The highest BCUT2D eigenvalue weighted by Crippen LogP contribution is 2.25. The maximum atomic E-state index is 10.5. The zero-order chi connectivity index (χ0) is 11.0. The predicted octanol–water partition coefficient (Wildman–Crippen LogP) is 2.61. The molecule has 1 aromatic heterocycles. The van der Waals surface area contributed by atoms with Crippen LogP contribution in [-0.2, 0) is 11.2 Å². The summed E-state index contributed by atoms with van der Waals surface area (Å²) in [5, 5.41) is 9.11. The lowest BCUT2D eigenvalue weighted by Crippen LogP contribution is -1.99. The molecular formula is C9H6BrClN2O2. The van der Waals surface area contributed by atoms with Crippen LogP contribution in [-0.4, -0.2) is 21.0 Å². The smallest absolute Gasteiger partial charge is 0.307 e. The van der Waals surface area contributed by atoms with Crippen LogP contribution in [0.5, 0.6) is 0 Å². The van der Waals surface area contributed by atoms with Crippen LogP contribution in [0.15, 0.2) is 16.9 Å². The van der Waals surface area contributed by atoms with Gasteiger partial charge in [0.2, 0.25) is 0 Å². The van der Waals surface area contributed by atoms with Crippen molar-refractivity contribution in [3.05, 3.63) is 27.5 Å². The van der Waals surface area contributed by atoms with Crippen molar-refractivity contribution in [3.8, 4) is 0 Å². The van der Waals surface area contributed by atoms with Crippen molar-refractivity contribution >= 4 is 44.5 Å². The van der Waals surface area contributed by atoms with Crippen LogP contribution in [0.1, 0.15) is 5.56 Å². The van der Waals surface area contributed by atoms with Crippen molar-refractivity contribution in [1.29, 1.82) is 0 Å². The number of nitrogens with one attached hydrogen (secondary N) is 1. The maximum absolute atomic E-state index is 10.5. The predicted molar refractivity (Wildman–Crippen MR) is 60.1 cm³/mol. The van der Waals surface area contributed by atoms with Gasteiger partial charge in [-0.25, -0.2) is 4.98 Å². The molecule has 15 heavy (non-hydrogen) atoms. The SMILES string of the molecule is O=C(O)Cc1cc(Cl)c2nc(Br)[nH]c2c1. The largest absolute Gasteiger partial charge is 0.481 e. The molecule has 0 fully saturated rings. The van der Waals surface area contributed by atoms with Crippen molar-refractivity contribution in [2.45, 2.75) is 6.42 Å². The van der Waals surface area contributed by atoms with Gasteiger partial charge in [0.1, 0.15) is 5.52 Å². The second kappa shape index (κ2) is 3.83. The number of fused-ring (bicyclic) bond motifs is 1. The summed E-state index contributed by atoms with van der Waals surface area (Å²) in [5.41, 5.74) is 2.01. The summed E-state index contributed by atoms with van der Waals surface area (Å²) in [5.74, 6) is -0.885. The zero-order valence-corrected chi connectivity index (χ0v) is 9.76. The molecule has 0 unspecified atom stereocenters. The van der Waals surface area contributed by atoms with Crippen LogP contribution in [0.3, 0.4) is 0 Å². The molecule has 78 valence electrons. The van der Waals surface area contributed by atoms with Gasteiger partial charge < -0.3 is 10.1 Å². The summed E-state index contributed by atoms with van der Waals surface area (Å²) in [6.07, 6.45) is -0.0493. The summed E-state index contributed by atoms with van der Waals surface area (Å²) >= 11 is 9.16. The van der Waals surface area contributed by atoms with Crippen molar-refractivity contribution in [1.82, 2.24) is 9.97 Å². The molecule has 4 nitrogen and oxygen atoms in total. The molecule has 2 aromatic rings. The molecule has 0 atom stereocenters. The van der Waals surface area contributed by atoms with Crippen molar-refractivity contribution < 1.29 is 9.90 Å². The Kier molecular flexibility index (Phi) is 2.67. The third-order valence-electron chi connectivity index (χ3n) is 1.93. The quantitative estimate of drug-likeness (QED) is 0.893. The van der Waals surface area contributed by atoms with Gasteiger partial charge in [0.05, 0.1) is 17.0 Å². The first-order chi connectivity index (χ1) is 7.06. The van der Waals surface area contributed by atoms with Gasteiger partial charge >= 0.3 is 5.97 Å². The van der Waals surface area contributed by atoms with E-state index in [0.29, 0.717) is 20.8 Å². The maximum Gasteiger partial charge on any atom is 0.307 e. The Morgan fingerprint density at radius 2 is 2.33 bits per heavy atom. The Labute approximate surface area is 98.4 Å². The number of benzene rings is 1. The molecule has 1 aromatic carbocycles. The molecule has 0 radical (unpaired) electrons. The minimum absolute atomic E-state index is 0.0493. The summed E-state index contributed by atoms with van der Waals surface area (Å²) in [6.45, 7) is 0. The molecule has 0 bridgehead atoms. The van der Waals surface area contributed by atoms with E-state index in [0.717, 1.165) is 5.52 Å². The van der Waals surface area contributed by atoms with E-state index in [2.05, 4.69) is 25.9 Å². The average Bonchev–Trinajstić information content (AvgIpc) is 2.44. The summed E-state index contributed by atoms with van der Waals surface area (Å²) in [6, 6.07) is 3.35. The minimum Gasteiger partial charge on any atom is -0.481 e. The highest BCUT2D eigenvalue weighted by molar-refractivity contribution is 9.10. The van der Waals surface area contributed by atoms with Gasteiger partial charge in [-0.15, -0.1) is 0 Å². The van der Waals surface area contributed by atoms with E-state index in [4.69, 9.17) is 16.7 Å². The number of aliphatic carboxylic acids is 1. The summed E-state index contributed by atoms with van der Waals surface area (Å²) in [4.78, 5) is 17.6. The lowest BCUT2D eigenvalue weighted by molar-refractivity contribution is -0.136. The Morgan fingerprint density at radius 1 is 1.60 bits per heavy atom. The van der Waals surface area contributed by atoms with Crippen LogP contribution >= 0.6 is 27.5 Å². The molecule has 0 amide bonds. The van der Waals surface area contributed by atoms with E-state index in [1.807, 2.05) is 0 Å². The van der Waals surface area contributed by atoms with Gasteiger partial charge in [0.25, 0.3) is 0 Å². The number of carboxylic acid groups (broad SMARTS) is 1. The van der Waals surface area contributed by atoms with Gasteiger partial charge in [0, 0.05) is 0 Å². The first kappa shape index (κ1) is 10.4. The molecular weight excluding hydrogens is 283 g/mol. The van der Waals surface area contributed by atoms with E-state index in [-0.39, 0.29) is 6.42 Å². The second-order valence-corrected chi connectivity index (χ2v) is 4.23.